The van der Waals surface area contributed by atoms with Gasteiger partial charge in [-0.25, -0.2) is 0 Å². The van der Waals surface area contributed by atoms with E-state index in [-0.39, 0.29) is 0 Å². The largest absolute Gasteiger partial charge is 0.497 e. The molecular weight excluding hydrogens is 284 g/mol. The zero-order valence-electron chi connectivity index (χ0n) is 10.1. The van der Waals surface area contributed by atoms with Crippen molar-refractivity contribution in [2.75, 3.05) is 18.2 Å². The third-order valence-corrected chi connectivity index (χ3v) is 4.70. The quantitative estimate of drug-likeness (QED) is 0.567. The van der Waals surface area contributed by atoms with Crippen LogP contribution in [0.3, 0.4) is 0 Å². The van der Waals surface area contributed by atoms with Crippen molar-refractivity contribution in [2.24, 2.45) is 11.8 Å². The maximum Gasteiger partial charge on any atom is 0.118 e. The molecule has 3 heteroatoms. The third-order valence-electron chi connectivity index (χ3n) is 2.66. The Balaban J connectivity index is 2.47. The smallest absolute Gasteiger partial charge is 0.118 e. The fourth-order valence-corrected chi connectivity index (χ4v) is 3.81. The predicted octanol–water partition coefficient (Wildman–Crippen LogP) is 4.45. The van der Waals surface area contributed by atoms with Crippen molar-refractivity contribution in [3.8, 4) is 5.75 Å². The number of hydrogen-bond donors (Lipinski definition) is 0. The Labute approximate surface area is 111 Å². The van der Waals surface area contributed by atoms with E-state index in [0.29, 0.717) is 0 Å². The van der Waals surface area contributed by atoms with Gasteiger partial charge in [-0.15, -0.1) is 11.8 Å². The van der Waals surface area contributed by atoms with Crippen LogP contribution in [0.5, 0.6) is 5.75 Å². The van der Waals surface area contributed by atoms with E-state index in [9.17, 15) is 0 Å². The Hall–Kier alpha value is -0.150. The van der Waals surface area contributed by atoms with Crippen LogP contribution in [0.4, 0.5) is 0 Å². The van der Waals surface area contributed by atoms with Crippen molar-refractivity contribution in [3.05, 3.63) is 24.3 Å². The molecule has 0 N–H and O–H groups in total. The lowest BCUT2D eigenvalue weighted by Gasteiger charge is -2.17. The monoisotopic (exact) mass is 302 g/mol. The number of rotatable bonds is 6. The number of thioether (sulfide) groups is 1. The molecule has 0 aromatic heterocycles. The highest BCUT2D eigenvalue weighted by atomic mass is 79.9. The Morgan fingerprint density at radius 1 is 1.25 bits per heavy atom. The Bertz CT molecular complexity index is 297. The predicted molar refractivity (Wildman–Crippen MR) is 75.8 cm³/mol. The van der Waals surface area contributed by atoms with Gasteiger partial charge in [-0.1, -0.05) is 29.8 Å². The Morgan fingerprint density at radius 2 is 1.88 bits per heavy atom. The van der Waals surface area contributed by atoms with Crippen molar-refractivity contribution >= 4 is 27.7 Å². The summed E-state index contributed by atoms with van der Waals surface area (Å²) in [7, 11) is 1.70. The van der Waals surface area contributed by atoms with Gasteiger partial charge < -0.3 is 4.74 Å². The highest BCUT2D eigenvalue weighted by Crippen LogP contribution is 2.26. The minimum Gasteiger partial charge on any atom is -0.497 e. The molecule has 0 aliphatic rings. The molecule has 1 rings (SSSR count). The number of halogens is 1. The number of alkyl halides is 1. The van der Waals surface area contributed by atoms with Crippen molar-refractivity contribution < 1.29 is 4.74 Å². The second-order valence-corrected chi connectivity index (χ2v) is 5.89. The molecule has 0 amide bonds. The topological polar surface area (TPSA) is 9.23 Å². The number of hydrogen-bond acceptors (Lipinski definition) is 2. The lowest BCUT2D eigenvalue weighted by molar-refractivity contribution is 0.414. The van der Waals surface area contributed by atoms with E-state index in [1.54, 1.807) is 7.11 Å². The summed E-state index contributed by atoms with van der Waals surface area (Å²) in [5.74, 6) is 3.54. The zero-order valence-corrected chi connectivity index (χ0v) is 12.5. The molecule has 0 saturated carbocycles. The Kier molecular flexibility index (Phi) is 6.29. The highest BCUT2D eigenvalue weighted by molar-refractivity contribution is 9.09. The molecule has 1 unspecified atom stereocenters. The van der Waals surface area contributed by atoms with E-state index < -0.39 is 0 Å². The van der Waals surface area contributed by atoms with E-state index in [1.165, 1.54) is 4.90 Å². The SMILES string of the molecule is COc1ccc(SCC(CBr)C(C)C)cc1. The molecule has 0 aliphatic heterocycles. The summed E-state index contributed by atoms with van der Waals surface area (Å²) >= 11 is 5.49. The number of ether oxygens (including phenoxy) is 1. The molecule has 0 fully saturated rings. The van der Waals surface area contributed by atoms with Gasteiger partial charge in [0.2, 0.25) is 0 Å². The van der Waals surface area contributed by atoms with Crippen molar-refractivity contribution in [1.29, 1.82) is 0 Å². The van der Waals surface area contributed by atoms with Crippen LogP contribution in [-0.2, 0) is 0 Å². The minimum absolute atomic E-state index is 0.727. The molecule has 0 bridgehead atoms. The first-order chi connectivity index (χ1) is 7.67. The van der Waals surface area contributed by atoms with E-state index in [4.69, 9.17) is 4.74 Å². The van der Waals surface area contributed by atoms with Crippen LogP contribution in [0.15, 0.2) is 29.2 Å². The molecule has 0 radical (unpaired) electrons. The third kappa shape index (κ3) is 4.38. The van der Waals surface area contributed by atoms with Crippen LogP contribution in [0.1, 0.15) is 13.8 Å². The average molecular weight is 303 g/mol. The first-order valence-corrected chi connectivity index (χ1v) is 7.61. The minimum atomic E-state index is 0.727. The molecule has 1 aromatic carbocycles. The van der Waals surface area contributed by atoms with Crippen LogP contribution >= 0.6 is 27.7 Å². The second-order valence-electron chi connectivity index (χ2n) is 4.14. The fourth-order valence-electron chi connectivity index (χ4n) is 1.29. The summed E-state index contributed by atoms with van der Waals surface area (Å²) in [4.78, 5) is 1.31. The molecule has 1 nitrogen and oxygen atoms in total. The normalized spacial score (nSPS) is 12.8. The number of benzene rings is 1. The number of methoxy groups -OCH3 is 1. The molecule has 0 spiro atoms. The van der Waals surface area contributed by atoms with Crippen LogP contribution in [0.2, 0.25) is 0 Å². The van der Waals surface area contributed by atoms with E-state index >= 15 is 0 Å². The summed E-state index contributed by atoms with van der Waals surface area (Å²) in [5, 5.41) is 1.08. The van der Waals surface area contributed by atoms with Crippen molar-refractivity contribution in [3.63, 3.8) is 0 Å². The maximum absolute atomic E-state index is 5.14. The van der Waals surface area contributed by atoms with Crippen LogP contribution in [0.25, 0.3) is 0 Å². The first kappa shape index (κ1) is 13.9. The van der Waals surface area contributed by atoms with Gasteiger partial charge in [-0.05, 0) is 36.1 Å². The van der Waals surface area contributed by atoms with Crippen molar-refractivity contribution in [2.45, 2.75) is 18.7 Å². The maximum atomic E-state index is 5.14. The molecule has 0 heterocycles. The molecule has 1 aromatic rings. The molecule has 90 valence electrons. The summed E-state index contributed by atoms with van der Waals surface area (Å²) in [5.41, 5.74) is 0. The average Bonchev–Trinajstić information content (AvgIpc) is 2.30. The molecular formula is C13H19BrOS. The van der Waals surface area contributed by atoms with Crippen molar-refractivity contribution in [1.82, 2.24) is 0 Å². The second kappa shape index (κ2) is 7.23. The van der Waals surface area contributed by atoms with Gasteiger partial charge in [0.1, 0.15) is 5.75 Å². The summed E-state index contributed by atoms with van der Waals surface area (Å²) in [6, 6.07) is 8.27. The van der Waals surface area contributed by atoms with E-state index in [0.717, 1.165) is 28.7 Å². The van der Waals surface area contributed by atoms with Crippen LogP contribution < -0.4 is 4.74 Å². The summed E-state index contributed by atoms with van der Waals surface area (Å²) in [6.45, 7) is 4.56. The van der Waals surface area contributed by atoms with Gasteiger partial charge in [-0.3, -0.25) is 0 Å². The van der Waals surface area contributed by atoms with Crippen LogP contribution in [0, 0.1) is 11.8 Å². The van der Waals surface area contributed by atoms with Gasteiger partial charge in [0.25, 0.3) is 0 Å². The molecule has 16 heavy (non-hydrogen) atoms. The molecule has 0 saturated heterocycles. The molecule has 0 aliphatic carbocycles. The lowest BCUT2D eigenvalue weighted by atomic mass is 10.0. The molecule has 1 atom stereocenters. The lowest BCUT2D eigenvalue weighted by Crippen LogP contribution is -2.12. The summed E-state index contributed by atoms with van der Waals surface area (Å²) < 4.78 is 5.14. The van der Waals surface area contributed by atoms with Gasteiger partial charge in [0.05, 0.1) is 7.11 Å². The van der Waals surface area contributed by atoms with Gasteiger partial charge >= 0.3 is 0 Å². The fraction of sp³-hybridized carbons (Fsp3) is 0.538. The van der Waals surface area contributed by atoms with Gasteiger partial charge in [-0.2, -0.15) is 0 Å². The van der Waals surface area contributed by atoms with Crippen LogP contribution in [-0.4, -0.2) is 18.2 Å². The zero-order chi connectivity index (χ0) is 12.0. The Morgan fingerprint density at radius 3 is 2.31 bits per heavy atom. The summed E-state index contributed by atoms with van der Waals surface area (Å²) in [6.07, 6.45) is 0. The van der Waals surface area contributed by atoms with E-state index in [1.807, 2.05) is 23.9 Å². The first-order valence-electron chi connectivity index (χ1n) is 5.50. The standard InChI is InChI=1S/C13H19BrOS/c1-10(2)11(8-14)9-16-13-6-4-12(15-3)5-7-13/h4-7,10-11H,8-9H2,1-3H3. The van der Waals surface area contributed by atoms with Gasteiger partial charge in [0.15, 0.2) is 0 Å². The van der Waals surface area contributed by atoms with Gasteiger partial charge in [0, 0.05) is 16.0 Å². The highest BCUT2D eigenvalue weighted by Gasteiger charge is 2.11. The van der Waals surface area contributed by atoms with E-state index in [2.05, 4.69) is 41.9 Å².